The van der Waals surface area contributed by atoms with Crippen LogP contribution in [0.3, 0.4) is 0 Å². The van der Waals surface area contributed by atoms with Crippen molar-refractivity contribution in [2.75, 3.05) is 0 Å². The lowest BCUT2D eigenvalue weighted by atomic mass is 9.96. The molecule has 0 fully saturated rings. The maximum Gasteiger partial charge on any atom is 0.232 e. The van der Waals surface area contributed by atoms with Crippen LogP contribution in [0.5, 0.6) is 0 Å². The van der Waals surface area contributed by atoms with Gasteiger partial charge in [0.2, 0.25) is 11.6 Å². The molecular formula is C8H6O3. The number of ketones is 2. The number of furan rings is 1. The fourth-order valence-corrected chi connectivity index (χ4v) is 1.23. The van der Waals surface area contributed by atoms with Gasteiger partial charge in [0.25, 0.3) is 0 Å². The molecule has 3 nitrogen and oxygen atoms in total. The summed E-state index contributed by atoms with van der Waals surface area (Å²) in [4.78, 5) is 21.9. The summed E-state index contributed by atoms with van der Waals surface area (Å²) >= 11 is 0. The number of carbonyl (C=O) groups is 2. The van der Waals surface area contributed by atoms with E-state index in [4.69, 9.17) is 4.42 Å². The van der Waals surface area contributed by atoms with Gasteiger partial charge in [0.15, 0.2) is 0 Å². The molecule has 0 amide bonds. The van der Waals surface area contributed by atoms with Crippen LogP contribution in [-0.4, -0.2) is 11.6 Å². The van der Waals surface area contributed by atoms with E-state index in [0.29, 0.717) is 24.2 Å². The second-order valence-corrected chi connectivity index (χ2v) is 2.51. The van der Waals surface area contributed by atoms with Gasteiger partial charge in [0.1, 0.15) is 5.76 Å². The molecule has 1 aromatic rings. The molecule has 0 aromatic carbocycles. The van der Waals surface area contributed by atoms with Crippen molar-refractivity contribution < 1.29 is 14.0 Å². The van der Waals surface area contributed by atoms with Crippen LogP contribution in [-0.2, 0) is 11.2 Å². The summed E-state index contributed by atoms with van der Waals surface area (Å²) in [5.41, 5.74) is 0.446. The van der Waals surface area contributed by atoms with E-state index in [-0.39, 0.29) is 5.78 Å². The summed E-state index contributed by atoms with van der Waals surface area (Å²) < 4.78 is 5.00. The first-order valence-electron chi connectivity index (χ1n) is 3.43. The van der Waals surface area contributed by atoms with Gasteiger partial charge in [-0.05, 0) is 6.07 Å². The van der Waals surface area contributed by atoms with Gasteiger partial charge in [-0.2, -0.15) is 0 Å². The van der Waals surface area contributed by atoms with Gasteiger partial charge < -0.3 is 4.42 Å². The Hall–Kier alpha value is -1.38. The molecule has 0 saturated heterocycles. The average Bonchev–Trinajstić information content (AvgIpc) is 2.45. The summed E-state index contributed by atoms with van der Waals surface area (Å²) in [5, 5.41) is 0. The van der Waals surface area contributed by atoms with Crippen LogP contribution in [0.25, 0.3) is 0 Å². The lowest BCUT2D eigenvalue weighted by molar-refractivity contribution is -0.115. The predicted molar refractivity (Wildman–Crippen MR) is 36.4 cm³/mol. The van der Waals surface area contributed by atoms with Crippen molar-refractivity contribution in [3.8, 4) is 0 Å². The van der Waals surface area contributed by atoms with Gasteiger partial charge in [-0.3, -0.25) is 9.59 Å². The van der Waals surface area contributed by atoms with E-state index in [1.807, 2.05) is 0 Å². The lowest BCUT2D eigenvalue weighted by Gasteiger charge is -2.05. The molecule has 1 aromatic heterocycles. The second kappa shape index (κ2) is 2.05. The highest BCUT2D eigenvalue weighted by Crippen LogP contribution is 2.19. The summed E-state index contributed by atoms with van der Waals surface area (Å²) in [6.07, 6.45) is 2.30. The third kappa shape index (κ3) is 0.808. The normalized spacial score (nSPS) is 16.7. The van der Waals surface area contributed by atoms with E-state index in [9.17, 15) is 9.59 Å². The van der Waals surface area contributed by atoms with E-state index in [0.717, 1.165) is 0 Å². The van der Waals surface area contributed by atoms with Crippen LogP contribution in [0, 0.1) is 0 Å². The Morgan fingerprint density at radius 3 is 2.91 bits per heavy atom. The van der Waals surface area contributed by atoms with E-state index in [1.165, 1.54) is 6.26 Å². The quantitative estimate of drug-likeness (QED) is 0.518. The molecule has 0 saturated carbocycles. The van der Waals surface area contributed by atoms with Crippen LogP contribution in [0.15, 0.2) is 16.7 Å². The molecule has 3 heteroatoms. The molecular weight excluding hydrogens is 144 g/mol. The van der Waals surface area contributed by atoms with Crippen molar-refractivity contribution in [1.82, 2.24) is 0 Å². The third-order valence-corrected chi connectivity index (χ3v) is 1.82. The first-order valence-corrected chi connectivity index (χ1v) is 3.43. The van der Waals surface area contributed by atoms with Crippen LogP contribution in [0.1, 0.15) is 22.5 Å². The average molecular weight is 150 g/mol. The largest absolute Gasteiger partial charge is 0.469 e. The fraction of sp³-hybridized carbons (Fsp3) is 0.250. The van der Waals surface area contributed by atoms with Crippen molar-refractivity contribution in [3.63, 3.8) is 0 Å². The van der Waals surface area contributed by atoms with Gasteiger partial charge in [0.05, 0.1) is 11.8 Å². The molecule has 1 heterocycles. The Morgan fingerprint density at radius 1 is 1.27 bits per heavy atom. The Kier molecular flexibility index (Phi) is 1.18. The minimum absolute atomic E-state index is 0.291. The number of rotatable bonds is 0. The number of carbonyl (C=O) groups excluding carboxylic acids is 2. The third-order valence-electron chi connectivity index (χ3n) is 1.82. The molecule has 2 rings (SSSR count). The molecule has 56 valence electrons. The first-order chi connectivity index (χ1) is 5.29. The minimum Gasteiger partial charge on any atom is -0.469 e. The van der Waals surface area contributed by atoms with Gasteiger partial charge >= 0.3 is 0 Å². The number of aryl methyl sites for hydroxylation is 1. The first kappa shape index (κ1) is 6.34. The molecule has 0 radical (unpaired) electrons. The van der Waals surface area contributed by atoms with E-state index in [1.54, 1.807) is 6.07 Å². The number of hydrogen-bond donors (Lipinski definition) is 0. The molecule has 0 spiro atoms. The van der Waals surface area contributed by atoms with Crippen molar-refractivity contribution >= 4 is 11.6 Å². The summed E-state index contributed by atoms with van der Waals surface area (Å²) in [6, 6.07) is 1.55. The minimum atomic E-state index is -0.403. The highest BCUT2D eigenvalue weighted by Gasteiger charge is 2.26. The lowest BCUT2D eigenvalue weighted by Crippen LogP contribution is -2.20. The Balaban J connectivity index is 2.54. The van der Waals surface area contributed by atoms with Crippen molar-refractivity contribution in [3.05, 3.63) is 23.7 Å². The van der Waals surface area contributed by atoms with Crippen LogP contribution in [0.4, 0.5) is 0 Å². The number of hydrogen-bond acceptors (Lipinski definition) is 3. The van der Waals surface area contributed by atoms with E-state index >= 15 is 0 Å². The highest BCUT2D eigenvalue weighted by atomic mass is 16.3. The zero-order valence-electron chi connectivity index (χ0n) is 5.79. The van der Waals surface area contributed by atoms with Crippen LogP contribution in [0.2, 0.25) is 0 Å². The molecule has 1 aliphatic carbocycles. The maximum absolute atomic E-state index is 11.1. The Bertz CT molecular complexity index is 322. The van der Waals surface area contributed by atoms with Gasteiger partial charge in [0, 0.05) is 12.8 Å². The SMILES string of the molecule is O=C1CCc2occc2C1=O. The molecule has 0 N–H and O–H groups in total. The zero-order chi connectivity index (χ0) is 7.84. The van der Waals surface area contributed by atoms with E-state index in [2.05, 4.69) is 0 Å². The van der Waals surface area contributed by atoms with Crippen molar-refractivity contribution in [2.45, 2.75) is 12.8 Å². The predicted octanol–water partition coefficient (Wildman–Crippen LogP) is 0.978. The summed E-state index contributed by atoms with van der Waals surface area (Å²) in [6.45, 7) is 0. The fourth-order valence-electron chi connectivity index (χ4n) is 1.23. The Labute approximate surface area is 63.0 Å². The molecule has 1 aliphatic rings. The zero-order valence-corrected chi connectivity index (χ0v) is 5.79. The topological polar surface area (TPSA) is 47.3 Å². The van der Waals surface area contributed by atoms with E-state index < -0.39 is 5.78 Å². The second-order valence-electron chi connectivity index (χ2n) is 2.51. The van der Waals surface area contributed by atoms with Crippen LogP contribution < -0.4 is 0 Å². The van der Waals surface area contributed by atoms with Gasteiger partial charge in [-0.15, -0.1) is 0 Å². The smallest absolute Gasteiger partial charge is 0.232 e. The van der Waals surface area contributed by atoms with Gasteiger partial charge in [-0.1, -0.05) is 0 Å². The summed E-state index contributed by atoms with van der Waals surface area (Å²) in [7, 11) is 0. The molecule has 0 unspecified atom stereocenters. The highest BCUT2D eigenvalue weighted by molar-refractivity contribution is 6.44. The maximum atomic E-state index is 11.1. The standard InChI is InChI=1S/C8H6O3/c9-6-1-2-7-5(8(6)10)3-4-11-7/h3-4H,1-2H2. The Morgan fingerprint density at radius 2 is 2.09 bits per heavy atom. The van der Waals surface area contributed by atoms with Crippen LogP contribution >= 0.6 is 0 Å². The summed E-state index contributed by atoms with van der Waals surface area (Å²) in [5.74, 6) is -0.0616. The monoisotopic (exact) mass is 150 g/mol. The number of Topliss-reactive ketones (excluding diaryl/α,β-unsaturated/α-hetero) is 2. The molecule has 0 atom stereocenters. The molecule has 11 heavy (non-hydrogen) atoms. The number of fused-ring (bicyclic) bond motifs is 1. The van der Waals surface area contributed by atoms with Crippen molar-refractivity contribution in [1.29, 1.82) is 0 Å². The molecule has 0 bridgehead atoms. The van der Waals surface area contributed by atoms with Gasteiger partial charge in [-0.25, -0.2) is 0 Å². The molecule has 0 aliphatic heterocycles. The van der Waals surface area contributed by atoms with Crippen molar-refractivity contribution in [2.24, 2.45) is 0 Å².